The van der Waals surface area contributed by atoms with E-state index in [0.29, 0.717) is 27.4 Å². The molecule has 0 bridgehead atoms. The van der Waals surface area contributed by atoms with Crippen LogP contribution in [-0.4, -0.2) is 7.11 Å². The number of rotatable bonds is 3. The molecule has 0 spiro atoms. The number of ether oxygens (including phenoxy) is 2. The molecule has 0 aromatic heterocycles. The maximum Gasteiger partial charge on any atom is 0.154 e. The molecule has 5 heteroatoms. The van der Waals surface area contributed by atoms with Crippen molar-refractivity contribution in [3.05, 3.63) is 46.7 Å². The minimum absolute atomic E-state index is 0.340. The van der Waals surface area contributed by atoms with Crippen molar-refractivity contribution in [1.82, 2.24) is 0 Å². The first-order chi connectivity index (χ1) is 8.60. The molecule has 0 unspecified atom stereocenters. The minimum atomic E-state index is -0.340. The molecule has 0 heterocycles. The van der Waals surface area contributed by atoms with Crippen LogP contribution in [0.4, 0.5) is 10.1 Å². The SMILES string of the molecule is COc1ccc(N)c(Oc2ccc(F)cc2Br)c1. The molecule has 2 aromatic rings. The number of anilines is 1. The average molecular weight is 312 g/mol. The van der Waals surface area contributed by atoms with Gasteiger partial charge in [-0.3, -0.25) is 0 Å². The molecule has 2 N–H and O–H groups in total. The van der Waals surface area contributed by atoms with Gasteiger partial charge in [0.05, 0.1) is 17.3 Å². The minimum Gasteiger partial charge on any atom is -0.497 e. The molecule has 0 atom stereocenters. The monoisotopic (exact) mass is 311 g/mol. The third-order valence-electron chi connectivity index (χ3n) is 2.33. The predicted molar refractivity (Wildman–Crippen MR) is 71.6 cm³/mol. The Hall–Kier alpha value is -1.75. The van der Waals surface area contributed by atoms with Gasteiger partial charge in [0.25, 0.3) is 0 Å². The molecular formula is C13H11BrFNO2. The summed E-state index contributed by atoms with van der Waals surface area (Å²) in [4.78, 5) is 0. The summed E-state index contributed by atoms with van der Waals surface area (Å²) >= 11 is 3.23. The average Bonchev–Trinajstić information content (AvgIpc) is 2.35. The van der Waals surface area contributed by atoms with Gasteiger partial charge in [0.2, 0.25) is 0 Å². The fourth-order valence-corrected chi connectivity index (χ4v) is 1.84. The highest BCUT2D eigenvalue weighted by Gasteiger charge is 2.08. The van der Waals surface area contributed by atoms with E-state index in [1.807, 2.05) is 0 Å². The van der Waals surface area contributed by atoms with Crippen molar-refractivity contribution in [1.29, 1.82) is 0 Å². The van der Waals surface area contributed by atoms with E-state index in [-0.39, 0.29) is 5.82 Å². The zero-order valence-corrected chi connectivity index (χ0v) is 11.2. The molecule has 0 aliphatic heterocycles. The van der Waals surface area contributed by atoms with Crippen molar-refractivity contribution < 1.29 is 13.9 Å². The van der Waals surface area contributed by atoms with Gasteiger partial charge in [0, 0.05) is 6.07 Å². The van der Waals surface area contributed by atoms with Crippen LogP contribution in [-0.2, 0) is 0 Å². The molecule has 2 aromatic carbocycles. The summed E-state index contributed by atoms with van der Waals surface area (Å²) in [6, 6.07) is 9.26. The lowest BCUT2D eigenvalue weighted by atomic mass is 10.2. The number of hydrogen-bond acceptors (Lipinski definition) is 3. The maximum absolute atomic E-state index is 13.0. The standard InChI is InChI=1S/C13H11BrFNO2/c1-17-9-3-4-11(16)13(7-9)18-12-5-2-8(15)6-10(12)14/h2-7H,16H2,1H3. The highest BCUT2D eigenvalue weighted by Crippen LogP contribution is 2.35. The molecule has 3 nitrogen and oxygen atoms in total. The van der Waals surface area contributed by atoms with E-state index in [2.05, 4.69) is 15.9 Å². The summed E-state index contributed by atoms with van der Waals surface area (Å²) in [5.41, 5.74) is 6.28. The van der Waals surface area contributed by atoms with Gasteiger partial charge < -0.3 is 15.2 Å². The van der Waals surface area contributed by atoms with E-state index < -0.39 is 0 Å². The summed E-state index contributed by atoms with van der Waals surface area (Å²) < 4.78 is 24.2. The maximum atomic E-state index is 13.0. The topological polar surface area (TPSA) is 44.5 Å². The number of nitrogen functional groups attached to an aromatic ring is 1. The molecule has 18 heavy (non-hydrogen) atoms. The van der Waals surface area contributed by atoms with Crippen molar-refractivity contribution in [2.24, 2.45) is 0 Å². The van der Waals surface area contributed by atoms with Gasteiger partial charge in [0.15, 0.2) is 5.75 Å². The highest BCUT2D eigenvalue weighted by atomic mass is 79.9. The second kappa shape index (κ2) is 5.27. The van der Waals surface area contributed by atoms with E-state index in [9.17, 15) is 4.39 Å². The molecule has 0 saturated carbocycles. The molecule has 94 valence electrons. The lowest BCUT2D eigenvalue weighted by molar-refractivity contribution is 0.409. The smallest absolute Gasteiger partial charge is 0.154 e. The van der Waals surface area contributed by atoms with Crippen LogP contribution in [0.3, 0.4) is 0 Å². The Morgan fingerprint density at radius 3 is 2.56 bits per heavy atom. The predicted octanol–water partition coefficient (Wildman–Crippen LogP) is 3.97. The number of methoxy groups -OCH3 is 1. The van der Waals surface area contributed by atoms with Crippen molar-refractivity contribution in [2.75, 3.05) is 12.8 Å². The number of nitrogens with two attached hydrogens (primary N) is 1. The summed E-state index contributed by atoms with van der Waals surface area (Å²) in [5, 5.41) is 0. The largest absolute Gasteiger partial charge is 0.497 e. The number of benzene rings is 2. The van der Waals surface area contributed by atoms with Gasteiger partial charge in [-0.25, -0.2) is 4.39 Å². The van der Waals surface area contributed by atoms with Crippen LogP contribution in [0.1, 0.15) is 0 Å². The van der Waals surface area contributed by atoms with Gasteiger partial charge in [-0.1, -0.05) is 0 Å². The van der Waals surface area contributed by atoms with Crippen LogP contribution in [0.25, 0.3) is 0 Å². The first-order valence-electron chi connectivity index (χ1n) is 5.16. The molecule has 0 fully saturated rings. The van der Waals surface area contributed by atoms with Crippen LogP contribution in [0, 0.1) is 5.82 Å². The van der Waals surface area contributed by atoms with Gasteiger partial charge in [-0.15, -0.1) is 0 Å². The Kier molecular flexibility index (Phi) is 3.72. The number of halogens is 2. The Morgan fingerprint density at radius 2 is 1.89 bits per heavy atom. The molecule has 0 aliphatic carbocycles. The summed E-state index contributed by atoms with van der Waals surface area (Å²) in [7, 11) is 1.56. The first-order valence-corrected chi connectivity index (χ1v) is 5.96. The van der Waals surface area contributed by atoms with Gasteiger partial charge in [0.1, 0.15) is 17.3 Å². The highest BCUT2D eigenvalue weighted by molar-refractivity contribution is 9.10. The van der Waals surface area contributed by atoms with Crippen LogP contribution in [0.15, 0.2) is 40.9 Å². The zero-order chi connectivity index (χ0) is 13.1. The van der Waals surface area contributed by atoms with Crippen LogP contribution in [0.5, 0.6) is 17.2 Å². The summed E-state index contributed by atoms with van der Waals surface area (Å²) in [6.07, 6.45) is 0. The van der Waals surface area contributed by atoms with E-state index >= 15 is 0 Å². The van der Waals surface area contributed by atoms with Crippen molar-refractivity contribution in [3.8, 4) is 17.2 Å². The normalized spacial score (nSPS) is 10.2. The molecule has 2 rings (SSSR count). The second-order valence-electron chi connectivity index (χ2n) is 3.58. The van der Waals surface area contributed by atoms with Crippen LogP contribution in [0.2, 0.25) is 0 Å². The Balaban J connectivity index is 2.33. The van der Waals surface area contributed by atoms with Crippen molar-refractivity contribution in [2.45, 2.75) is 0 Å². The summed E-state index contributed by atoms with van der Waals surface area (Å²) in [6.45, 7) is 0. The molecule has 0 radical (unpaired) electrons. The second-order valence-corrected chi connectivity index (χ2v) is 4.43. The Bertz CT molecular complexity index is 575. The summed E-state index contributed by atoms with van der Waals surface area (Å²) in [5.74, 6) is 1.24. The first kappa shape index (κ1) is 12.7. The molecular weight excluding hydrogens is 301 g/mol. The number of hydrogen-bond donors (Lipinski definition) is 1. The van der Waals surface area contributed by atoms with E-state index in [4.69, 9.17) is 15.2 Å². The van der Waals surface area contributed by atoms with Crippen molar-refractivity contribution in [3.63, 3.8) is 0 Å². The van der Waals surface area contributed by atoms with Crippen LogP contribution >= 0.6 is 15.9 Å². The quantitative estimate of drug-likeness (QED) is 0.872. The van der Waals surface area contributed by atoms with Gasteiger partial charge in [-0.2, -0.15) is 0 Å². The van der Waals surface area contributed by atoms with E-state index in [1.54, 1.807) is 25.3 Å². The van der Waals surface area contributed by atoms with Gasteiger partial charge in [-0.05, 0) is 46.3 Å². The fraction of sp³-hybridized carbons (Fsp3) is 0.0769. The molecule has 0 saturated heterocycles. The van der Waals surface area contributed by atoms with E-state index in [0.717, 1.165) is 0 Å². The van der Waals surface area contributed by atoms with Gasteiger partial charge >= 0.3 is 0 Å². The third-order valence-corrected chi connectivity index (χ3v) is 2.95. The van der Waals surface area contributed by atoms with E-state index in [1.165, 1.54) is 18.2 Å². The lowest BCUT2D eigenvalue weighted by Crippen LogP contribution is -1.94. The third kappa shape index (κ3) is 2.73. The fourth-order valence-electron chi connectivity index (χ4n) is 1.41. The Labute approximate surface area is 112 Å². The molecule has 0 amide bonds. The van der Waals surface area contributed by atoms with Crippen LogP contribution < -0.4 is 15.2 Å². The Morgan fingerprint density at radius 1 is 1.11 bits per heavy atom. The zero-order valence-electron chi connectivity index (χ0n) is 9.61. The lowest BCUT2D eigenvalue weighted by Gasteiger charge is -2.11. The molecule has 0 aliphatic rings. The van der Waals surface area contributed by atoms with Crippen molar-refractivity contribution >= 4 is 21.6 Å².